The molecule has 0 saturated heterocycles. The van der Waals surface area contributed by atoms with E-state index in [2.05, 4.69) is 50.2 Å². The Balaban J connectivity index is 1.96. The number of benzene rings is 1. The smallest absolute Gasteiger partial charge is 0.163 e. The molecule has 0 saturated carbocycles. The summed E-state index contributed by atoms with van der Waals surface area (Å²) in [7, 11) is 2.18. The van der Waals surface area contributed by atoms with Crippen LogP contribution in [0.25, 0.3) is 0 Å². The lowest BCUT2D eigenvalue weighted by atomic mass is 9.78. The Bertz CT molecular complexity index is 594. The SMILES string of the molecule is CCCNC1Cc2c(C(=O)CC(C)C)ccc3c2C(C1)CN3C. The number of nitrogens with one attached hydrogen (secondary N) is 1. The number of rotatable bonds is 6. The summed E-state index contributed by atoms with van der Waals surface area (Å²) in [5, 5.41) is 3.69. The quantitative estimate of drug-likeness (QED) is 0.811. The van der Waals surface area contributed by atoms with Crippen molar-refractivity contribution in [2.24, 2.45) is 5.92 Å². The van der Waals surface area contributed by atoms with Crippen molar-refractivity contribution < 1.29 is 4.79 Å². The molecule has 0 fully saturated rings. The van der Waals surface area contributed by atoms with Crippen molar-refractivity contribution in [1.82, 2.24) is 5.32 Å². The highest BCUT2D eigenvalue weighted by atomic mass is 16.1. The van der Waals surface area contributed by atoms with Gasteiger partial charge < -0.3 is 10.2 Å². The van der Waals surface area contributed by atoms with Gasteiger partial charge in [-0.05, 0) is 55.0 Å². The first-order chi connectivity index (χ1) is 11.0. The minimum atomic E-state index is 0.322. The second kappa shape index (κ2) is 6.64. The van der Waals surface area contributed by atoms with Gasteiger partial charge >= 0.3 is 0 Å². The molecule has 23 heavy (non-hydrogen) atoms. The summed E-state index contributed by atoms with van der Waals surface area (Å²) >= 11 is 0. The van der Waals surface area contributed by atoms with Gasteiger partial charge in [0.15, 0.2) is 5.78 Å². The van der Waals surface area contributed by atoms with Crippen LogP contribution in [0.2, 0.25) is 0 Å². The molecule has 0 radical (unpaired) electrons. The Morgan fingerprint density at radius 3 is 2.87 bits per heavy atom. The van der Waals surface area contributed by atoms with Crippen molar-refractivity contribution in [2.45, 2.75) is 58.4 Å². The number of anilines is 1. The Labute approximate surface area is 140 Å². The van der Waals surface area contributed by atoms with Crippen LogP contribution in [0.5, 0.6) is 0 Å². The molecule has 0 spiro atoms. The molecule has 126 valence electrons. The number of nitrogens with zero attached hydrogens (tertiary/aromatic N) is 1. The normalized spacial score (nSPS) is 22.6. The first-order valence-electron chi connectivity index (χ1n) is 9.14. The molecule has 0 amide bonds. The van der Waals surface area contributed by atoms with Gasteiger partial charge in [0.2, 0.25) is 0 Å². The number of carbonyl (C=O) groups is 1. The lowest BCUT2D eigenvalue weighted by molar-refractivity contribution is 0.0966. The molecule has 3 nitrogen and oxygen atoms in total. The van der Waals surface area contributed by atoms with E-state index in [0.717, 1.165) is 31.5 Å². The molecule has 2 unspecified atom stereocenters. The van der Waals surface area contributed by atoms with E-state index in [0.29, 0.717) is 30.1 Å². The highest BCUT2D eigenvalue weighted by molar-refractivity contribution is 5.99. The lowest BCUT2D eigenvalue weighted by Gasteiger charge is -2.30. The third-order valence-electron chi connectivity index (χ3n) is 5.24. The zero-order valence-electron chi connectivity index (χ0n) is 15.0. The van der Waals surface area contributed by atoms with Crippen LogP contribution < -0.4 is 10.2 Å². The largest absolute Gasteiger partial charge is 0.374 e. The number of likely N-dealkylation sites (N-methyl/N-ethyl adjacent to an activating group) is 1. The van der Waals surface area contributed by atoms with Crippen LogP contribution in [-0.2, 0) is 6.42 Å². The molecule has 0 bridgehead atoms. The maximum absolute atomic E-state index is 12.7. The number of Topliss-reactive ketones (excluding diaryl/α,β-unsaturated/α-hetero) is 1. The molecular weight excluding hydrogens is 284 g/mol. The first-order valence-corrected chi connectivity index (χ1v) is 9.14. The van der Waals surface area contributed by atoms with E-state index in [1.165, 1.54) is 23.2 Å². The molecule has 1 aliphatic carbocycles. The third kappa shape index (κ3) is 3.16. The standard InChI is InChI=1S/C20H30N2O/c1-5-8-21-15-10-14-12-22(4)18-7-6-16(17(11-15)20(14)18)19(23)9-13(2)3/h6-7,13-15,21H,5,8-12H2,1-4H3. The predicted molar refractivity (Wildman–Crippen MR) is 96.6 cm³/mol. The van der Waals surface area contributed by atoms with Gasteiger partial charge in [0.1, 0.15) is 0 Å². The number of ketones is 1. The van der Waals surface area contributed by atoms with Crippen molar-refractivity contribution >= 4 is 11.5 Å². The topological polar surface area (TPSA) is 32.3 Å². The van der Waals surface area contributed by atoms with Gasteiger partial charge in [0.05, 0.1) is 0 Å². The molecule has 1 heterocycles. The van der Waals surface area contributed by atoms with E-state index in [4.69, 9.17) is 0 Å². The minimum absolute atomic E-state index is 0.322. The van der Waals surface area contributed by atoms with E-state index >= 15 is 0 Å². The minimum Gasteiger partial charge on any atom is -0.374 e. The molecule has 2 aliphatic rings. The summed E-state index contributed by atoms with van der Waals surface area (Å²) in [5.74, 6) is 1.32. The molecule has 2 atom stereocenters. The van der Waals surface area contributed by atoms with Gasteiger partial charge in [-0.1, -0.05) is 20.8 Å². The summed E-state index contributed by atoms with van der Waals surface area (Å²) in [6.45, 7) is 8.62. The molecule has 1 aromatic carbocycles. The van der Waals surface area contributed by atoms with E-state index in [-0.39, 0.29) is 0 Å². The van der Waals surface area contributed by atoms with Crippen molar-refractivity contribution in [1.29, 1.82) is 0 Å². The Hall–Kier alpha value is -1.35. The van der Waals surface area contributed by atoms with Crippen LogP contribution >= 0.6 is 0 Å². The van der Waals surface area contributed by atoms with Gasteiger partial charge in [0, 0.05) is 43.2 Å². The average molecular weight is 314 g/mol. The summed E-state index contributed by atoms with van der Waals surface area (Å²) in [6, 6.07) is 4.77. The molecule has 1 aliphatic heterocycles. The molecule has 1 aromatic rings. The Kier molecular flexibility index (Phi) is 4.77. The van der Waals surface area contributed by atoms with Gasteiger partial charge in [-0.15, -0.1) is 0 Å². The molecule has 0 aromatic heterocycles. The molecular formula is C20H30N2O. The van der Waals surface area contributed by atoms with E-state index in [1.54, 1.807) is 0 Å². The second-order valence-electron chi connectivity index (χ2n) is 7.71. The third-order valence-corrected chi connectivity index (χ3v) is 5.24. The summed E-state index contributed by atoms with van der Waals surface area (Å²) in [4.78, 5) is 15.1. The van der Waals surface area contributed by atoms with Gasteiger partial charge in [0.25, 0.3) is 0 Å². The Morgan fingerprint density at radius 1 is 1.39 bits per heavy atom. The van der Waals surface area contributed by atoms with Crippen LogP contribution in [0.15, 0.2) is 12.1 Å². The van der Waals surface area contributed by atoms with Crippen molar-refractivity contribution in [3.8, 4) is 0 Å². The fourth-order valence-corrected chi connectivity index (χ4v) is 4.29. The fourth-order valence-electron chi connectivity index (χ4n) is 4.29. The Morgan fingerprint density at radius 2 is 2.17 bits per heavy atom. The van der Waals surface area contributed by atoms with Crippen LogP contribution in [0.1, 0.15) is 67.4 Å². The first kappa shape index (κ1) is 16.5. The zero-order valence-corrected chi connectivity index (χ0v) is 15.0. The summed E-state index contributed by atoms with van der Waals surface area (Å²) in [6.07, 6.45) is 4.02. The van der Waals surface area contributed by atoms with Crippen LogP contribution in [0, 0.1) is 5.92 Å². The predicted octanol–water partition coefficient (Wildman–Crippen LogP) is 3.76. The lowest BCUT2D eigenvalue weighted by Crippen LogP contribution is -2.37. The van der Waals surface area contributed by atoms with Crippen LogP contribution in [0.3, 0.4) is 0 Å². The fraction of sp³-hybridized carbons (Fsp3) is 0.650. The molecule has 1 N–H and O–H groups in total. The van der Waals surface area contributed by atoms with Gasteiger partial charge in [-0.3, -0.25) is 4.79 Å². The molecule has 3 rings (SSSR count). The van der Waals surface area contributed by atoms with E-state index < -0.39 is 0 Å². The van der Waals surface area contributed by atoms with Crippen molar-refractivity contribution in [3.05, 3.63) is 28.8 Å². The number of hydrogen-bond donors (Lipinski definition) is 1. The van der Waals surface area contributed by atoms with Crippen molar-refractivity contribution in [3.63, 3.8) is 0 Å². The highest BCUT2D eigenvalue weighted by Gasteiger charge is 2.37. The monoisotopic (exact) mass is 314 g/mol. The summed E-state index contributed by atoms with van der Waals surface area (Å²) in [5.41, 5.74) is 5.14. The van der Waals surface area contributed by atoms with Crippen LogP contribution in [-0.4, -0.2) is 32.0 Å². The maximum Gasteiger partial charge on any atom is 0.163 e. The maximum atomic E-state index is 12.7. The summed E-state index contributed by atoms with van der Waals surface area (Å²) < 4.78 is 0. The highest BCUT2D eigenvalue weighted by Crippen LogP contribution is 2.45. The van der Waals surface area contributed by atoms with Gasteiger partial charge in [-0.2, -0.15) is 0 Å². The second-order valence-corrected chi connectivity index (χ2v) is 7.71. The zero-order chi connectivity index (χ0) is 16.6. The van der Waals surface area contributed by atoms with E-state index in [1.807, 2.05) is 0 Å². The van der Waals surface area contributed by atoms with E-state index in [9.17, 15) is 4.79 Å². The molecule has 3 heteroatoms. The number of carbonyl (C=O) groups excluding carboxylic acids is 1. The van der Waals surface area contributed by atoms with Crippen LogP contribution in [0.4, 0.5) is 5.69 Å². The number of hydrogen-bond acceptors (Lipinski definition) is 3. The van der Waals surface area contributed by atoms with Gasteiger partial charge in [-0.25, -0.2) is 0 Å². The van der Waals surface area contributed by atoms with Crippen molar-refractivity contribution in [2.75, 3.05) is 25.0 Å². The average Bonchev–Trinajstić information content (AvgIpc) is 2.82.